The Bertz CT molecular complexity index is 833. The quantitative estimate of drug-likeness (QED) is 0.744. The van der Waals surface area contributed by atoms with Crippen LogP contribution in [-0.2, 0) is 15.6 Å². The predicted octanol–water partition coefficient (Wildman–Crippen LogP) is 3.10. The van der Waals surface area contributed by atoms with Crippen LogP contribution in [0.1, 0.15) is 29.8 Å². The average Bonchev–Trinajstić information content (AvgIpc) is 2.57. The van der Waals surface area contributed by atoms with Crippen molar-refractivity contribution in [3.8, 4) is 0 Å². The molecule has 0 bridgehead atoms. The Morgan fingerprint density at radius 1 is 1.04 bits per heavy atom. The maximum Gasteiger partial charge on any atom is 0.251 e. The van der Waals surface area contributed by atoms with Crippen LogP contribution in [0, 0.1) is 5.92 Å². The van der Waals surface area contributed by atoms with Gasteiger partial charge in [-0.15, -0.1) is 0 Å². The molecule has 2 rings (SSSR count). The second-order valence-electron chi connectivity index (χ2n) is 6.84. The number of anilines is 1. The maximum absolute atomic E-state index is 12.5. The highest BCUT2D eigenvalue weighted by Gasteiger charge is 2.15. The fourth-order valence-corrected chi connectivity index (χ4v) is 3.40. The molecule has 0 fully saturated rings. The number of carbonyl (C=O) groups excluding carboxylic acids is 1. The lowest BCUT2D eigenvalue weighted by atomic mass is 10.0. The lowest BCUT2D eigenvalue weighted by Gasteiger charge is -2.24. The van der Waals surface area contributed by atoms with E-state index in [0.29, 0.717) is 23.6 Å². The van der Waals surface area contributed by atoms with E-state index in [1.54, 1.807) is 24.3 Å². The summed E-state index contributed by atoms with van der Waals surface area (Å²) in [4.78, 5) is 12.5. The van der Waals surface area contributed by atoms with Gasteiger partial charge in [0.05, 0.1) is 5.75 Å². The second kappa shape index (κ2) is 8.85. The molecule has 0 aliphatic carbocycles. The first kappa shape index (κ1) is 20.0. The Labute approximate surface area is 155 Å². The molecule has 0 heterocycles. The lowest BCUT2D eigenvalue weighted by molar-refractivity contribution is 0.0950. The molecule has 0 radical (unpaired) electrons. The first-order valence-electron chi connectivity index (χ1n) is 8.61. The Hall–Kier alpha value is -2.34. The van der Waals surface area contributed by atoms with E-state index in [0.717, 1.165) is 5.69 Å². The third-order valence-electron chi connectivity index (χ3n) is 4.03. The number of para-hydroxylation sites is 1. The molecular weight excluding hydrogens is 348 g/mol. The van der Waals surface area contributed by atoms with Crippen LogP contribution >= 0.6 is 0 Å². The first-order chi connectivity index (χ1) is 12.2. The largest absolute Gasteiger partial charge is 0.380 e. The summed E-state index contributed by atoms with van der Waals surface area (Å²) < 4.78 is 22.9. The van der Waals surface area contributed by atoms with Crippen LogP contribution in [0.15, 0.2) is 54.6 Å². The third kappa shape index (κ3) is 6.52. The van der Waals surface area contributed by atoms with Gasteiger partial charge < -0.3 is 10.6 Å². The summed E-state index contributed by atoms with van der Waals surface area (Å²) in [5.41, 5.74) is 2.09. The van der Waals surface area contributed by atoms with Crippen molar-refractivity contribution in [3.05, 3.63) is 65.7 Å². The standard InChI is InChI=1S/C20H26N2O3S/c1-15(2)19(22-18-10-5-4-6-11-18)13-21-20(23)17-9-7-8-16(12-17)14-26(3,24)25/h4-12,15,19,22H,13-14H2,1-3H3,(H,21,23). The summed E-state index contributed by atoms with van der Waals surface area (Å²) in [5.74, 6) is 0.0473. The van der Waals surface area contributed by atoms with Crippen molar-refractivity contribution in [3.63, 3.8) is 0 Å². The molecule has 0 spiro atoms. The number of sulfone groups is 1. The van der Waals surface area contributed by atoms with E-state index < -0.39 is 9.84 Å². The van der Waals surface area contributed by atoms with Crippen molar-refractivity contribution in [1.29, 1.82) is 0 Å². The van der Waals surface area contributed by atoms with Gasteiger partial charge in [-0.1, -0.05) is 44.2 Å². The van der Waals surface area contributed by atoms with Crippen LogP contribution in [0.5, 0.6) is 0 Å². The third-order valence-corrected chi connectivity index (χ3v) is 4.89. The van der Waals surface area contributed by atoms with Gasteiger partial charge in [0.15, 0.2) is 9.84 Å². The molecule has 0 saturated heterocycles. The van der Waals surface area contributed by atoms with E-state index in [4.69, 9.17) is 0 Å². The van der Waals surface area contributed by atoms with Gasteiger partial charge in [0.1, 0.15) is 0 Å². The summed E-state index contributed by atoms with van der Waals surface area (Å²) in [6, 6.07) is 16.7. The molecule has 0 aliphatic rings. The number of amides is 1. The van der Waals surface area contributed by atoms with E-state index in [2.05, 4.69) is 24.5 Å². The molecule has 0 aromatic heterocycles. The van der Waals surface area contributed by atoms with E-state index in [9.17, 15) is 13.2 Å². The molecule has 2 aromatic carbocycles. The molecule has 5 nitrogen and oxygen atoms in total. The zero-order valence-electron chi connectivity index (χ0n) is 15.4. The van der Waals surface area contributed by atoms with Crippen molar-refractivity contribution in [2.24, 2.45) is 5.92 Å². The minimum Gasteiger partial charge on any atom is -0.380 e. The molecule has 2 aromatic rings. The zero-order valence-corrected chi connectivity index (χ0v) is 16.2. The number of hydrogen-bond donors (Lipinski definition) is 2. The Morgan fingerprint density at radius 2 is 1.73 bits per heavy atom. The number of carbonyl (C=O) groups is 1. The van der Waals surface area contributed by atoms with Crippen LogP contribution in [0.2, 0.25) is 0 Å². The van der Waals surface area contributed by atoms with Crippen LogP contribution < -0.4 is 10.6 Å². The van der Waals surface area contributed by atoms with Crippen LogP contribution in [-0.4, -0.2) is 33.2 Å². The molecule has 1 unspecified atom stereocenters. The summed E-state index contributed by atoms with van der Waals surface area (Å²) in [7, 11) is -3.13. The molecule has 1 atom stereocenters. The van der Waals surface area contributed by atoms with Gasteiger partial charge in [-0.3, -0.25) is 4.79 Å². The summed E-state index contributed by atoms with van der Waals surface area (Å²) >= 11 is 0. The van der Waals surface area contributed by atoms with Crippen molar-refractivity contribution in [1.82, 2.24) is 5.32 Å². The summed E-state index contributed by atoms with van der Waals surface area (Å²) in [6.07, 6.45) is 1.18. The molecule has 26 heavy (non-hydrogen) atoms. The van der Waals surface area contributed by atoms with E-state index in [-0.39, 0.29) is 17.7 Å². The molecule has 1 amide bonds. The van der Waals surface area contributed by atoms with Gasteiger partial charge >= 0.3 is 0 Å². The molecular formula is C20H26N2O3S. The molecule has 0 saturated carbocycles. The Kier molecular flexibility index (Phi) is 6.80. The highest BCUT2D eigenvalue weighted by Crippen LogP contribution is 2.13. The maximum atomic E-state index is 12.5. The van der Waals surface area contributed by atoms with Crippen LogP contribution in [0.4, 0.5) is 5.69 Å². The van der Waals surface area contributed by atoms with Gasteiger partial charge in [-0.2, -0.15) is 0 Å². The van der Waals surface area contributed by atoms with Gasteiger partial charge in [-0.25, -0.2) is 8.42 Å². The topological polar surface area (TPSA) is 75.3 Å². The van der Waals surface area contributed by atoms with E-state index >= 15 is 0 Å². The molecule has 140 valence electrons. The highest BCUT2D eigenvalue weighted by molar-refractivity contribution is 7.89. The Balaban J connectivity index is 2.00. The minimum atomic E-state index is -3.13. The molecule has 0 aliphatic heterocycles. The number of rotatable bonds is 8. The fraction of sp³-hybridized carbons (Fsp3) is 0.350. The number of nitrogens with one attached hydrogen (secondary N) is 2. The van der Waals surface area contributed by atoms with Gasteiger partial charge in [0.2, 0.25) is 0 Å². The smallest absolute Gasteiger partial charge is 0.251 e. The zero-order chi connectivity index (χ0) is 19.2. The monoisotopic (exact) mass is 374 g/mol. The second-order valence-corrected chi connectivity index (χ2v) is 8.98. The van der Waals surface area contributed by atoms with Crippen molar-refractivity contribution < 1.29 is 13.2 Å². The van der Waals surface area contributed by atoms with Gasteiger partial charge in [0.25, 0.3) is 5.91 Å². The van der Waals surface area contributed by atoms with E-state index in [1.807, 2.05) is 30.3 Å². The number of hydrogen-bond acceptors (Lipinski definition) is 4. The fourth-order valence-electron chi connectivity index (χ4n) is 2.61. The SMILES string of the molecule is CC(C)C(CNC(=O)c1cccc(CS(C)(=O)=O)c1)Nc1ccccc1. The molecule has 2 N–H and O–H groups in total. The Morgan fingerprint density at radius 3 is 2.35 bits per heavy atom. The van der Waals surface area contributed by atoms with Gasteiger partial charge in [0, 0.05) is 30.1 Å². The number of benzene rings is 2. The van der Waals surface area contributed by atoms with Crippen LogP contribution in [0.25, 0.3) is 0 Å². The van der Waals surface area contributed by atoms with Crippen LogP contribution in [0.3, 0.4) is 0 Å². The minimum absolute atomic E-state index is 0.0711. The van der Waals surface area contributed by atoms with E-state index in [1.165, 1.54) is 6.26 Å². The lowest BCUT2D eigenvalue weighted by Crippen LogP contribution is -2.39. The highest BCUT2D eigenvalue weighted by atomic mass is 32.2. The van der Waals surface area contributed by atoms with Crippen molar-refractivity contribution in [2.75, 3.05) is 18.1 Å². The summed E-state index contributed by atoms with van der Waals surface area (Å²) in [6.45, 7) is 4.67. The normalized spacial score (nSPS) is 12.6. The average molecular weight is 375 g/mol. The molecule has 6 heteroatoms. The van der Waals surface area contributed by atoms with Gasteiger partial charge in [-0.05, 0) is 35.7 Å². The van der Waals surface area contributed by atoms with Crippen molar-refractivity contribution in [2.45, 2.75) is 25.6 Å². The first-order valence-corrected chi connectivity index (χ1v) is 10.7. The summed E-state index contributed by atoms with van der Waals surface area (Å²) in [5, 5.41) is 6.37. The predicted molar refractivity (Wildman–Crippen MR) is 106 cm³/mol. The van der Waals surface area contributed by atoms with Crippen molar-refractivity contribution >= 4 is 21.4 Å².